The Morgan fingerprint density at radius 1 is 1.11 bits per heavy atom. The smallest absolute Gasteiger partial charge is 0.277 e. The highest BCUT2D eigenvalue weighted by molar-refractivity contribution is 6.07. The molecular weight excluding hydrogens is 454 g/mol. The maximum absolute atomic E-state index is 13.7. The van der Waals surface area contributed by atoms with Crippen molar-refractivity contribution in [2.24, 2.45) is 0 Å². The van der Waals surface area contributed by atoms with Crippen molar-refractivity contribution in [1.82, 2.24) is 14.7 Å². The minimum absolute atomic E-state index is 0.152. The molecular formula is C28H29N5O3. The number of fused-ring (bicyclic) bond motifs is 1. The molecule has 0 unspecified atom stereocenters. The van der Waals surface area contributed by atoms with Crippen LogP contribution in [0.2, 0.25) is 0 Å². The van der Waals surface area contributed by atoms with Crippen molar-refractivity contribution in [3.05, 3.63) is 71.0 Å². The first-order valence-corrected chi connectivity index (χ1v) is 12.5. The highest BCUT2D eigenvalue weighted by Gasteiger charge is 2.46. The van der Waals surface area contributed by atoms with Crippen LogP contribution in [-0.2, 0) is 11.8 Å². The Balaban J connectivity index is 1.26. The third kappa shape index (κ3) is 3.85. The van der Waals surface area contributed by atoms with E-state index in [-0.39, 0.29) is 17.4 Å². The quantitative estimate of drug-likeness (QED) is 0.579. The van der Waals surface area contributed by atoms with Gasteiger partial charge in [-0.1, -0.05) is 12.1 Å². The average molecular weight is 484 g/mol. The maximum Gasteiger partial charge on any atom is 0.277 e. The Hall–Kier alpha value is -3.67. The number of β-amino-alcohol motifs (C(OH)–C–C–N with tert-alkyl or cyclic N) is 1. The summed E-state index contributed by atoms with van der Waals surface area (Å²) in [7, 11) is 1.60. The van der Waals surface area contributed by atoms with E-state index in [0.717, 1.165) is 44.6 Å². The lowest BCUT2D eigenvalue weighted by Gasteiger charge is -2.28. The molecule has 0 bridgehead atoms. The van der Waals surface area contributed by atoms with E-state index in [1.807, 2.05) is 36.4 Å². The van der Waals surface area contributed by atoms with Crippen LogP contribution in [0.3, 0.4) is 0 Å². The van der Waals surface area contributed by atoms with Gasteiger partial charge in [0.05, 0.1) is 18.9 Å². The van der Waals surface area contributed by atoms with Gasteiger partial charge in [-0.25, -0.2) is 4.68 Å². The van der Waals surface area contributed by atoms with Crippen LogP contribution >= 0.6 is 0 Å². The summed E-state index contributed by atoms with van der Waals surface area (Å²) < 4.78 is 6.83. The summed E-state index contributed by atoms with van der Waals surface area (Å²) in [6.07, 6.45) is 3.54. The number of aliphatic hydroxyl groups excluding tert-OH is 1. The number of nitriles is 1. The van der Waals surface area contributed by atoms with Crippen molar-refractivity contribution in [2.75, 3.05) is 38.2 Å². The molecule has 3 aromatic rings. The second-order valence-corrected chi connectivity index (χ2v) is 10.1. The number of ether oxygens (including phenoxy) is 1. The van der Waals surface area contributed by atoms with Gasteiger partial charge in [-0.2, -0.15) is 10.4 Å². The third-order valence-electron chi connectivity index (χ3n) is 7.86. The molecule has 0 radical (unpaired) electrons. The SMILES string of the molecule is COc1ccc(-n2nc(C#N)c3c2C(=O)N(c2ccc(C4(CN5CC[C@@H](O)C5)CC4)cc2)CC3)cc1. The second-order valence-electron chi connectivity index (χ2n) is 10.1. The van der Waals surface area contributed by atoms with Crippen LogP contribution in [0.25, 0.3) is 5.69 Å². The third-order valence-corrected chi connectivity index (χ3v) is 7.86. The number of carbonyl (C=O) groups excluding carboxylic acids is 1. The Morgan fingerprint density at radius 2 is 1.83 bits per heavy atom. The highest BCUT2D eigenvalue weighted by Crippen LogP contribution is 2.49. The standard InChI is InChI=1S/C28H29N5O3/c1-36-23-8-6-21(7-9-23)33-26-24(25(16-29)30-33)11-15-32(27(26)35)20-4-2-19(3-5-20)28(12-13-28)18-31-14-10-22(34)17-31/h2-9,22,34H,10-15,17-18H2,1H3/t22-/m1/s1. The summed E-state index contributed by atoms with van der Waals surface area (Å²) in [5.41, 5.74) is 4.47. The average Bonchev–Trinajstić information content (AvgIpc) is 3.41. The van der Waals surface area contributed by atoms with E-state index in [4.69, 9.17) is 4.74 Å². The van der Waals surface area contributed by atoms with Gasteiger partial charge in [0.25, 0.3) is 5.91 Å². The fourth-order valence-corrected chi connectivity index (χ4v) is 5.67. The van der Waals surface area contributed by atoms with E-state index < -0.39 is 0 Å². The molecule has 1 aliphatic carbocycles. The predicted molar refractivity (Wildman–Crippen MR) is 135 cm³/mol. The van der Waals surface area contributed by atoms with E-state index in [1.165, 1.54) is 5.56 Å². The van der Waals surface area contributed by atoms with Crippen molar-refractivity contribution < 1.29 is 14.6 Å². The molecule has 2 aromatic carbocycles. The van der Waals surface area contributed by atoms with E-state index in [9.17, 15) is 15.2 Å². The number of rotatable bonds is 6. The molecule has 2 fully saturated rings. The van der Waals surface area contributed by atoms with Crippen LogP contribution in [0.5, 0.6) is 5.75 Å². The monoisotopic (exact) mass is 483 g/mol. The van der Waals surface area contributed by atoms with E-state index >= 15 is 0 Å². The van der Waals surface area contributed by atoms with Crippen LogP contribution in [0, 0.1) is 11.3 Å². The van der Waals surface area contributed by atoms with Gasteiger partial charge in [-0.05, 0) is 67.6 Å². The number of likely N-dealkylation sites (tertiary alicyclic amines) is 1. The molecule has 1 aromatic heterocycles. The van der Waals surface area contributed by atoms with Crippen molar-refractivity contribution >= 4 is 11.6 Å². The molecule has 1 atom stereocenters. The lowest BCUT2D eigenvalue weighted by atomic mass is 9.94. The first-order chi connectivity index (χ1) is 17.5. The number of methoxy groups -OCH3 is 1. The Bertz CT molecular complexity index is 1340. The number of amides is 1. The molecule has 8 nitrogen and oxygen atoms in total. The Kier molecular flexibility index (Phi) is 5.55. The van der Waals surface area contributed by atoms with Gasteiger partial charge < -0.3 is 14.7 Å². The van der Waals surface area contributed by atoms with E-state index in [1.54, 1.807) is 16.7 Å². The Morgan fingerprint density at radius 3 is 2.44 bits per heavy atom. The molecule has 1 N–H and O–H groups in total. The van der Waals surface area contributed by atoms with E-state index in [0.29, 0.717) is 41.4 Å². The minimum atomic E-state index is -0.203. The molecule has 0 spiro atoms. The molecule has 6 rings (SSSR count). The summed E-state index contributed by atoms with van der Waals surface area (Å²) >= 11 is 0. The lowest BCUT2D eigenvalue weighted by Crippen LogP contribution is -2.39. The molecule has 1 saturated heterocycles. The number of hydrogen-bond acceptors (Lipinski definition) is 6. The largest absolute Gasteiger partial charge is 0.497 e. The van der Waals surface area contributed by atoms with Crippen molar-refractivity contribution in [3.63, 3.8) is 0 Å². The topological polar surface area (TPSA) is 94.6 Å². The summed E-state index contributed by atoms with van der Waals surface area (Å²) in [6, 6.07) is 17.8. The number of aliphatic hydroxyl groups is 1. The molecule has 2 aliphatic heterocycles. The predicted octanol–water partition coefficient (Wildman–Crippen LogP) is 3.05. The van der Waals surface area contributed by atoms with Crippen molar-refractivity contribution in [3.8, 4) is 17.5 Å². The van der Waals surface area contributed by atoms with Gasteiger partial charge in [-0.15, -0.1) is 0 Å². The molecule has 3 aliphatic rings. The van der Waals surface area contributed by atoms with Gasteiger partial charge in [0.1, 0.15) is 17.5 Å². The highest BCUT2D eigenvalue weighted by atomic mass is 16.5. The number of aromatic nitrogens is 2. The molecule has 1 saturated carbocycles. The fourth-order valence-electron chi connectivity index (χ4n) is 5.67. The van der Waals surface area contributed by atoms with Crippen LogP contribution in [0.1, 0.15) is 46.6 Å². The van der Waals surface area contributed by atoms with Gasteiger partial charge in [0.15, 0.2) is 5.69 Å². The number of anilines is 1. The molecule has 1 amide bonds. The zero-order valence-corrected chi connectivity index (χ0v) is 20.4. The zero-order valence-electron chi connectivity index (χ0n) is 20.4. The lowest BCUT2D eigenvalue weighted by molar-refractivity contribution is 0.0973. The van der Waals surface area contributed by atoms with E-state index in [2.05, 4.69) is 28.2 Å². The van der Waals surface area contributed by atoms with Gasteiger partial charge in [0.2, 0.25) is 0 Å². The van der Waals surface area contributed by atoms with Gasteiger partial charge in [0, 0.05) is 42.8 Å². The summed E-state index contributed by atoms with van der Waals surface area (Å²) in [5, 5.41) is 24.0. The molecule has 184 valence electrons. The first-order valence-electron chi connectivity index (χ1n) is 12.5. The van der Waals surface area contributed by atoms with Gasteiger partial charge in [-0.3, -0.25) is 9.69 Å². The first kappa shape index (κ1) is 22.8. The normalized spacial score (nSPS) is 20.8. The Labute approximate surface area is 210 Å². The van der Waals surface area contributed by atoms with Crippen LogP contribution < -0.4 is 9.64 Å². The number of hydrogen-bond donors (Lipinski definition) is 1. The number of nitrogens with zero attached hydrogens (tertiary/aromatic N) is 5. The second kappa shape index (κ2) is 8.77. The molecule has 36 heavy (non-hydrogen) atoms. The van der Waals surface area contributed by atoms with Crippen molar-refractivity contribution in [2.45, 2.75) is 37.2 Å². The maximum atomic E-state index is 13.7. The number of benzene rings is 2. The molecule has 8 heteroatoms. The zero-order chi connectivity index (χ0) is 24.9. The van der Waals surface area contributed by atoms with Crippen LogP contribution in [0.15, 0.2) is 48.5 Å². The van der Waals surface area contributed by atoms with Crippen LogP contribution in [0.4, 0.5) is 5.69 Å². The number of carbonyl (C=O) groups is 1. The van der Waals surface area contributed by atoms with Crippen molar-refractivity contribution in [1.29, 1.82) is 5.26 Å². The minimum Gasteiger partial charge on any atom is -0.497 e. The molecule has 3 heterocycles. The summed E-state index contributed by atoms with van der Waals surface area (Å²) in [4.78, 5) is 17.9. The summed E-state index contributed by atoms with van der Waals surface area (Å²) in [5.74, 6) is 0.559. The van der Waals surface area contributed by atoms with Crippen LogP contribution in [-0.4, -0.2) is 65.1 Å². The van der Waals surface area contributed by atoms with Gasteiger partial charge >= 0.3 is 0 Å². The summed E-state index contributed by atoms with van der Waals surface area (Å²) in [6.45, 7) is 3.20. The fraction of sp³-hybridized carbons (Fsp3) is 0.393.